The van der Waals surface area contributed by atoms with Gasteiger partial charge in [0.15, 0.2) is 0 Å². The Balaban J connectivity index is 1.71. The molecule has 1 aliphatic rings. The molecule has 0 aliphatic heterocycles. The monoisotopic (exact) mass is 435 g/mol. The molecule has 0 unspecified atom stereocenters. The second-order valence-corrected chi connectivity index (χ2v) is 7.93. The van der Waals surface area contributed by atoms with Gasteiger partial charge in [-0.05, 0) is 37.1 Å². The van der Waals surface area contributed by atoms with Gasteiger partial charge in [0.05, 0.1) is 25.8 Å². The number of aryl methyl sites for hydroxylation is 1. The summed E-state index contributed by atoms with van der Waals surface area (Å²) < 4.78 is 18.5. The van der Waals surface area contributed by atoms with Crippen molar-refractivity contribution < 1.29 is 19.0 Å². The largest absolute Gasteiger partial charge is 0.497 e. The molecule has 1 saturated carbocycles. The van der Waals surface area contributed by atoms with Crippen LogP contribution >= 0.6 is 0 Å². The molecule has 1 aromatic heterocycles. The summed E-state index contributed by atoms with van der Waals surface area (Å²) in [5, 5.41) is 4.76. The van der Waals surface area contributed by atoms with E-state index in [1.54, 1.807) is 18.9 Å². The van der Waals surface area contributed by atoms with E-state index >= 15 is 0 Å². The van der Waals surface area contributed by atoms with Gasteiger partial charge >= 0.3 is 0 Å². The van der Waals surface area contributed by atoms with Gasteiger partial charge in [-0.15, -0.1) is 0 Å². The summed E-state index contributed by atoms with van der Waals surface area (Å²) in [6.07, 6.45) is 1.91. The van der Waals surface area contributed by atoms with Crippen LogP contribution in [0, 0.1) is 5.92 Å². The van der Waals surface area contributed by atoms with E-state index in [1.165, 1.54) is 0 Å². The summed E-state index contributed by atoms with van der Waals surface area (Å²) in [5.74, 6) is 2.33. The van der Waals surface area contributed by atoms with Crippen LogP contribution in [0.1, 0.15) is 18.4 Å². The Bertz CT molecular complexity index is 1040. The summed E-state index contributed by atoms with van der Waals surface area (Å²) in [5.41, 5.74) is 2.66. The summed E-state index contributed by atoms with van der Waals surface area (Å²) >= 11 is 0. The molecule has 0 bridgehead atoms. The lowest BCUT2D eigenvalue weighted by Crippen LogP contribution is -2.34. The van der Waals surface area contributed by atoms with Gasteiger partial charge in [-0.25, -0.2) is 4.68 Å². The quantitative estimate of drug-likeness (QED) is 0.476. The fourth-order valence-electron chi connectivity index (χ4n) is 3.65. The van der Waals surface area contributed by atoms with Crippen LogP contribution in [0.3, 0.4) is 0 Å². The van der Waals surface area contributed by atoms with Crippen molar-refractivity contribution >= 4 is 5.91 Å². The third-order valence-corrected chi connectivity index (χ3v) is 5.56. The lowest BCUT2D eigenvalue weighted by Gasteiger charge is -2.23. The van der Waals surface area contributed by atoms with E-state index in [9.17, 15) is 4.79 Å². The molecule has 7 nitrogen and oxygen atoms in total. The van der Waals surface area contributed by atoms with Gasteiger partial charge in [-0.3, -0.25) is 4.79 Å². The highest BCUT2D eigenvalue weighted by atomic mass is 16.5. The first-order valence-corrected chi connectivity index (χ1v) is 10.8. The maximum atomic E-state index is 13.0. The molecule has 2 aromatic carbocycles. The third-order valence-electron chi connectivity index (χ3n) is 5.56. The first-order valence-electron chi connectivity index (χ1n) is 10.8. The van der Waals surface area contributed by atoms with Crippen molar-refractivity contribution in [2.75, 3.05) is 27.4 Å². The molecule has 32 heavy (non-hydrogen) atoms. The zero-order valence-electron chi connectivity index (χ0n) is 18.8. The van der Waals surface area contributed by atoms with E-state index < -0.39 is 0 Å². The maximum Gasteiger partial charge on any atom is 0.226 e. The number of carbonyl (C=O) groups is 1. The van der Waals surface area contributed by atoms with Crippen LogP contribution in [-0.2, 0) is 23.1 Å². The van der Waals surface area contributed by atoms with Gasteiger partial charge < -0.3 is 19.1 Å². The number of aromatic nitrogens is 2. The van der Waals surface area contributed by atoms with E-state index in [1.807, 2.05) is 66.5 Å². The van der Waals surface area contributed by atoms with Crippen LogP contribution in [-0.4, -0.2) is 48.0 Å². The van der Waals surface area contributed by atoms with E-state index in [0.717, 1.165) is 35.4 Å². The lowest BCUT2D eigenvalue weighted by atomic mass is 10.1. The molecule has 1 aliphatic carbocycles. The van der Waals surface area contributed by atoms with Crippen molar-refractivity contribution in [3.05, 3.63) is 60.2 Å². The normalized spacial score (nSPS) is 13.1. The third kappa shape index (κ3) is 4.94. The average Bonchev–Trinajstić information content (AvgIpc) is 3.63. The Morgan fingerprint density at radius 3 is 2.38 bits per heavy atom. The Kier molecular flexibility index (Phi) is 6.75. The molecule has 0 saturated heterocycles. The van der Waals surface area contributed by atoms with Gasteiger partial charge in [0.25, 0.3) is 0 Å². The number of carbonyl (C=O) groups excluding carboxylic acids is 1. The number of methoxy groups -OCH3 is 2. The summed E-state index contributed by atoms with van der Waals surface area (Å²) in [4.78, 5) is 14.9. The van der Waals surface area contributed by atoms with E-state index in [4.69, 9.17) is 19.3 Å². The molecule has 0 spiro atoms. The molecular weight excluding hydrogens is 406 g/mol. The fraction of sp³-hybridized carbons (Fsp3) is 0.360. The Morgan fingerprint density at radius 1 is 1.06 bits per heavy atom. The van der Waals surface area contributed by atoms with Crippen molar-refractivity contribution in [1.29, 1.82) is 0 Å². The number of nitrogens with zero attached hydrogens (tertiary/aromatic N) is 3. The van der Waals surface area contributed by atoms with Gasteiger partial charge in [-0.1, -0.05) is 30.3 Å². The highest BCUT2D eigenvalue weighted by molar-refractivity contribution is 5.81. The molecule has 1 fully saturated rings. The predicted octanol–water partition coefficient (Wildman–Crippen LogP) is 4.27. The minimum atomic E-state index is 0.120. The van der Waals surface area contributed by atoms with Gasteiger partial charge in [0, 0.05) is 32.2 Å². The van der Waals surface area contributed by atoms with Crippen LogP contribution in [0.15, 0.2) is 54.6 Å². The average molecular weight is 436 g/mol. The first kappa shape index (κ1) is 21.9. The van der Waals surface area contributed by atoms with Crippen molar-refractivity contribution in [2.24, 2.45) is 13.0 Å². The second-order valence-electron chi connectivity index (χ2n) is 7.93. The minimum Gasteiger partial charge on any atom is -0.497 e. The molecule has 0 atom stereocenters. The zero-order valence-corrected chi connectivity index (χ0v) is 18.8. The van der Waals surface area contributed by atoms with Crippen LogP contribution in [0.25, 0.3) is 11.3 Å². The molecule has 0 N–H and O–H groups in total. The highest BCUT2D eigenvalue weighted by Crippen LogP contribution is 2.36. The van der Waals surface area contributed by atoms with Gasteiger partial charge in [0.2, 0.25) is 11.8 Å². The number of amides is 1. The van der Waals surface area contributed by atoms with Gasteiger partial charge in [-0.2, -0.15) is 5.10 Å². The van der Waals surface area contributed by atoms with Crippen LogP contribution < -0.4 is 9.47 Å². The molecule has 7 heteroatoms. The van der Waals surface area contributed by atoms with E-state index in [-0.39, 0.29) is 11.8 Å². The number of hydrogen-bond donors (Lipinski definition) is 0. The van der Waals surface area contributed by atoms with Gasteiger partial charge in [0.1, 0.15) is 17.2 Å². The predicted molar refractivity (Wildman–Crippen MR) is 122 cm³/mol. The molecule has 4 rings (SSSR count). The first-order chi connectivity index (χ1) is 15.6. The minimum absolute atomic E-state index is 0.120. The number of ether oxygens (including phenoxy) is 3. The van der Waals surface area contributed by atoms with Crippen molar-refractivity contribution in [2.45, 2.75) is 19.4 Å². The lowest BCUT2D eigenvalue weighted by molar-refractivity contribution is -0.133. The fourth-order valence-corrected chi connectivity index (χ4v) is 3.65. The molecular formula is C25H29N3O4. The van der Waals surface area contributed by atoms with Crippen LogP contribution in [0.2, 0.25) is 0 Å². The van der Waals surface area contributed by atoms with E-state index in [2.05, 4.69) is 0 Å². The molecule has 1 heterocycles. The summed E-state index contributed by atoms with van der Waals surface area (Å²) in [6, 6.07) is 17.4. The standard InChI is InChI=1S/C25H29N3O4/c1-27-25(32-21-13-11-20(31-3)12-14-21)22(23(26-27)18-7-5-4-6-8-18)17-28(15-16-30-2)24(29)19-9-10-19/h4-8,11-14,19H,9-10,15-17H2,1-3H3. The number of benzene rings is 2. The Labute approximate surface area is 188 Å². The van der Waals surface area contributed by atoms with Crippen molar-refractivity contribution in [3.63, 3.8) is 0 Å². The molecule has 168 valence electrons. The Hall–Kier alpha value is -3.32. The summed E-state index contributed by atoms with van der Waals surface area (Å²) in [6.45, 7) is 1.41. The van der Waals surface area contributed by atoms with E-state index in [0.29, 0.717) is 31.3 Å². The molecule has 1 amide bonds. The number of rotatable bonds is 10. The zero-order chi connectivity index (χ0) is 22.5. The SMILES string of the molecule is COCCN(Cc1c(-c2ccccc2)nn(C)c1Oc1ccc(OC)cc1)C(=O)C1CC1. The second kappa shape index (κ2) is 9.87. The Morgan fingerprint density at radius 2 is 1.75 bits per heavy atom. The smallest absolute Gasteiger partial charge is 0.226 e. The number of hydrogen-bond acceptors (Lipinski definition) is 5. The van der Waals surface area contributed by atoms with Crippen LogP contribution in [0.5, 0.6) is 17.4 Å². The molecule has 3 aromatic rings. The molecule has 0 radical (unpaired) electrons. The maximum absolute atomic E-state index is 13.0. The van der Waals surface area contributed by atoms with Crippen molar-refractivity contribution in [3.8, 4) is 28.6 Å². The van der Waals surface area contributed by atoms with Crippen LogP contribution in [0.4, 0.5) is 0 Å². The topological polar surface area (TPSA) is 65.8 Å². The highest BCUT2D eigenvalue weighted by Gasteiger charge is 2.34. The van der Waals surface area contributed by atoms with Crippen molar-refractivity contribution in [1.82, 2.24) is 14.7 Å². The summed E-state index contributed by atoms with van der Waals surface area (Å²) in [7, 11) is 5.14.